The summed E-state index contributed by atoms with van der Waals surface area (Å²) in [5.74, 6) is -0.323. The van der Waals surface area contributed by atoms with E-state index in [-0.39, 0.29) is 13.2 Å². The molecule has 6 heteroatoms. The van der Waals surface area contributed by atoms with Crippen LogP contribution in [0.3, 0.4) is 0 Å². The second kappa shape index (κ2) is 5.61. The first-order valence-electron chi connectivity index (χ1n) is 5.59. The van der Waals surface area contributed by atoms with E-state index in [2.05, 4.69) is 0 Å². The number of hydrogen-bond acceptors (Lipinski definition) is 5. The summed E-state index contributed by atoms with van der Waals surface area (Å²) in [5, 5.41) is 0. The van der Waals surface area contributed by atoms with Gasteiger partial charge in [0.15, 0.2) is 0 Å². The van der Waals surface area contributed by atoms with E-state index >= 15 is 0 Å². The van der Waals surface area contributed by atoms with Crippen molar-refractivity contribution >= 4 is 17.5 Å². The van der Waals surface area contributed by atoms with Crippen molar-refractivity contribution in [2.45, 2.75) is 0 Å². The Morgan fingerprint density at radius 1 is 1.22 bits per heavy atom. The molecule has 1 aromatic rings. The van der Waals surface area contributed by atoms with Crippen molar-refractivity contribution in [3.05, 3.63) is 24.3 Å². The van der Waals surface area contributed by atoms with Gasteiger partial charge in [0.1, 0.15) is 25.6 Å². The van der Waals surface area contributed by atoms with Crippen LogP contribution in [-0.4, -0.2) is 38.2 Å². The smallest absolute Gasteiger partial charge is 0.259 e. The largest absolute Gasteiger partial charge is 0.490 e. The van der Waals surface area contributed by atoms with Crippen molar-refractivity contribution in [2.75, 3.05) is 31.3 Å². The summed E-state index contributed by atoms with van der Waals surface area (Å²) < 4.78 is 10.3. The van der Waals surface area contributed by atoms with Gasteiger partial charge in [0.05, 0.1) is 5.69 Å². The highest BCUT2D eigenvalue weighted by Crippen LogP contribution is 2.29. The molecule has 0 bridgehead atoms. The number of carbonyl (C=O) groups excluding carboxylic acids is 2. The summed E-state index contributed by atoms with van der Waals surface area (Å²) in [6.45, 7) is 0.483. The van der Waals surface area contributed by atoms with Gasteiger partial charge in [-0.2, -0.15) is 0 Å². The van der Waals surface area contributed by atoms with E-state index < -0.39 is 11.8 Å². The number of carbonyl (C=O) groups is 2. The standard InChI is InChI=1S/C12H14N2O4/c13-5-6-18-10-4-2-1-3-9(10)14-11(15)7-17-8-12(14)16/h1-4H,5-8,13H2. The molecule has 0 aromatic heterocycles. The van der Waals surface area contributed by atoms with Crippen LogP contribution in [0.2, 0.25) is 0 Å². The van der Waals surface area contributed by atoms with Gasteiger partial charge in [0, 0.05) is 6.54 Å². The zero-order chi connectivity index (χ0) is 13.0. The van der Waals surface area contributed by atoms with Gasteiger partial charge in [-0.15, -0.1) is 0 Å². The van der Waals surface area contributed by atoms with Gasteiger partial charge < -0.3 is 15.2 Å². The molecule has 1 fully saturated rings. The Bertz CT molecular complexity index is 445. The van der Waals surface area contributed by atoms with E-state index in [0.29, 0.717) is 24.6 Å². The predicted octanol–water partition coefficient (Wildman–Crippen LogP) is -0.0861. The highest BCUT2D eigenvalue weighted by molar-refractivity contribution is 6.17. The molecule has 2 rings (SSSR count). The van der Waals surface area contributed by atoms with Gasteiger partial charge >= 0.3 is 0 Å². The number of ether oxygens (including phenoxy) is 2. The molecule has 2 amide bonds. The highest BCUT2D eigenvalue weighted by Gasteiger charge is 2.30. The molecule has 6 nitrogen and oxygen atoms in total. The highest BCUT2D eigenvalue weighted by atomic mass is 16.5. The Labute approximate surface area is 104 Å². The first-order chi connectivity index (χ1) is 8.74. The third-order valence-electron chi connectivity index (χ3n) is 2.43. The summed E-state index contributed by atoms with van der Waals surface area (Å²) in [4.78, 5) is 24.6. The molecule has 0 aliphatic carbocycles. The fourth-order valence-corrected chi connectivity index (χ4v) is 1.70. The lowest BCUT2D eigenvalue weighted by molar-refractivity contribution is -0.138. The first kappa shape index (κ1) is 12.5. The Morgan fingerprint density at radius 2 is 1.89 bits per heavy atom. The normalized spacial score (nSPS) is 15.9. The van der Waals surface area contributed by atoms with Crippen LogP contribution in [-0.2, 0) is 14.3 Å². The summed E-state index contributed by atoms with van der Waals surface area (Å²) in [6.07, 6.45) is 0. The van der Waals surface area contributed by atoms with E-state index in [1.54, 1.807) is 24.3 Å². The van der Waals surface area contributed by atoms with E-state index in [9.17, 15) is 9.59 Å². The topological polar surface area (TPSA) is 81.9 Å². The number of hydrogen-bond donors (Lipinski definition) is 1. The number of imide groups is 1. The summed E-state index contributed by atoms with van der Waals surface area (Å²) >= 11 is 0. The van der Waals surface area contributed by atoms with Crippen LogP contribution in [0, 0.1) is 0 Å². The minimum Gasteiger partial charge on any atom is -0.490 e. The Balaban J connectivity index is 2.30. The Hall–Kier alpha value is -1.92. The zero-order valence-corrected chi connectivity index (χ0v) is 9.80. The van der Waals surface area contributed by atoms with Crippen molar-refractivity contribution in [3.8, 4) is 5.75 Å². The van der Waals surface area contributed by atoms with Gasteiger partial charge in [0.2, 0.25) is 0 Å². The lowest BCUT2D eigenvalue weighted by Crippen LogP contribution is -2.46. The summed E-state index contributed by atoms with van der Waals surface area (Å²) in [6, 6.07) is 6.86. The summed E-state index contributed by atoms with van der Waals surface area (Å²) in [5.41, 5.74) is 5.80. The number of amides is 2. The molecule has 1 heterocycles. The molecule has 0 atom stereocenters. The molecule has 0 saturated carbocycles. The maximum absolute atomic E-state index is 11.7. The number of anilines is 1. The van der Waals surface area contributed by atoms with Gasteiger partial charge in [-0.3, -0.25) is 9.59 Å². The van der Waals surface area contributed by atoms with Gasteiger partial charge in [0.25, 0.3) is 11.8 Å². The van der Waals surface area contributed by atoms with E-state index in [1.165, 1.54) is 0 Å². The maximum Gasteiger partial charge on any atom is 0.259 e. The number of nitrogens with zero attached hydrogens (tertiary/aromatic N) is 1. The average molecular weight is 250 g/mol. The Kier molecular flexibility index (Phi) is 3.91. The van der Waals surface area contributed by atoms with Crippen LogP contribution in [0.25, 0.3) is 0 Å². The molecule has 2 N–H and O–H groups in total. The van der Waals surface area contributed by atoms with Crippen molar-refractivity contribution in [2.24, 2.45) is 5.73 Å². The number of nitrogens with two attached hydrogens (primary N) is 1. The second-order valence-electron chi connectivity index (χ2n) is 3.72. The lowest BCUT2D eigenvalue weighted by Gasteiger charge is -2.26. The molecular weight excluding hydrogens is 236 g/mol. The van der Waals surface area contributed by atoms with Gasteiger partial charge in [-0.1, -0.05) is 12.1 Å². The van der Waals surface area contributed by atoms with E-state index in [4.69, 9.17) is 15.2 Å². The number of rotatable bonds is 4. The molecular formula is C12H14N2O4. The molecule has 18 heavy (non-hydrogen) atoms. The van der Waals surface area contributed by atoms with Crippen molar-refractivity contribution in [1.29, 1.82) is 0 Å². The third-order valence-corrected chi connectivity index (χ3v) is 2.43. The molecule has 1 aromatic carbocycles. The third kappa shape index (κ3) is 2.49. The molecule has 0 unspecified atom stereocenters. The molecule has 1 saturated heterocycles. The molecule has 96 valence electrons. The van der Waals surface area contributed by atoms with Crippen molar-refractivity contribution in [3.63, 3.8) is 0 Å². The number of morpholine rings is 1. The second-order valence-corrected chi connectivity index (χ2v) is 3.72. The van der Waals surface area contributed by atoms with Crippen molar-refractivity contribution in [1.82, 2.24) is 0 Å². The summed E-state index contributed by atoms with van der Waals surface area (Å²) in [7, 11) is 0. The number of para-hydroxylation sites is 2. The predicted molar refractivity (Wildman–Crippen MR) is 64.3 cm³/mol. The average Bonchev–Trinajstić information content (AvgIpc) is 2.37. The van der Waals surface area contributed by atoms with Crippen LogP contribution < -0.4 is 15.4 Å². The lowest BCUT2D eigenvalue weighted by atomic mass is 10.2. The van der Waals surface area contributed by atoms with Crippen LogP contribution in [0.5, 0.6) is 5.75 Å². The quantitative estimate of drug-likeness (QED) is 0.755. The minimum absolute atomic E-state index is 0.100. The van der Waals surface area contributed by atoms with Crippen LogP contribution in [0.15, 0.2) is 24.3 Å². The monoisotopic (exact) mass is 250 g/mol. The van der Waals surface area contributed by atoms with Gasteiger partial charge in [-0.05, 0) is 12.1 Å². The van der Waals surface area contributed by atoms with Crippen molar-refractivity contribution < 1.29 is 19.1 Å². The first-order valence-corrected chi connectivity index (χ1v) is 5.59. The van der Waals surface area contributed by atoms with Crippen LogP contribution in [0.4, 0.5) is 5.69 Å². The SMILES string of the molecule is NCCOc1ccccc1N1C(=O)COCC1=O. The molecule has 1 aliphatic rings. The number of benzene rings is 1. The Morgan fingerprint density at radius 3 is 2.56 bits per heavy atom. The molecule has 1 aliphatic heterocycles. The maximum atomic E-state index is 11.7. The molecule has 0 radical (unpaired) electrons. The zero-order valence-electron chi connectivity index (χ0n) is 9.80. The fraction of sp³-hybridized carbons (Fsp3) is 0.333. The minimum atomic E-state index is -0.393. The van der Waals surface area contributed by atoms with E-state index in [1.807, 2.05) is 0 Å². The fourth-order valence-electron chi connectivity index (χ4n) is 1.70. The molecule has 0 spiro atoms. The van der Waals surface area contributed by atoms with Crippen LogP contribution >= 0.6 is 0 Å². The van der Waals surface area contributed by atoms with Crippen LogP contribution in [0.1, 0.15) is 0 Å². The van der Waals surface area contributed by atoms with E-state index in [0.717, 1.165) is 4.90 Å². The van der Waals surface area contributed by atoms with Gasteiger partial charge in [-0.25, -0.2) is 4.90 Å².